The molecule has 0 aliphatic rings. The van der Waals surface area contributed by atoms with Gasteiger partial charge in [0, 0.05) is 24.4 Å². The summed E-state index contributed by atoms with van der Waals surface area (Å²) in [5, 5.41) is 17.7. The molecule has 0 saturated carbocycles. The molecule has 0 atom stereocenters. The Morgan fingerprint density at radius 3 is 2.45 bits per heavy atom. The van der Waals surface area contributed by atoms with E-state index in [-0.39, 0.29) is 23.3 Å². The second kappa shape index (κ2) is 5.76. The van der Waals surface area contributed by atoms with E-state index in [4.69, 9.17) is 10.4 Å². The lowest BCUT2D eigenvalue weighted by Crippen LogP contribution is -2.11. The number of rotatable bonds is 4. The minimum Gasteiger partial charge on any atom is -0.478 e. The van der Waals surface area contributed by atoms with Crippen molar-refractivity contribution >= 4 is 11.8 Å². The van der Waals surface area contributed by atoms with E-state index in [0.29, 0.717) is 5.56 Å². The van der Waals surface area contributed by atoms with E-state index in [1.54, 1.807) is 24.3 Å². The average molecular weight is 266 g/mol. The van der Waals surface area contributed by atoms with Gasteiger partial charge < -0.3 is 5.11 Å². The van der Waals surface area contributed by atoms with Gasteiger partial charge in [0.1, 0.15) is 0 Å². The second-order valence-electron chi connectivity index (χ2n) is 4.14. The van der Waals surface area contributed by atoms with Gasteiger partial charge in [0.15, 0.2) is 5.78 Å². The van der Waals surface area contributed by atoms with Crippen LogP contribution in [0.15, 0.2) is 42.7 Å². The number of carboxylic acid groups (broad SMARTS) is 1. The highest BCUT2D eigenvalue weighted by molar-refractivity contribution is 6.06. The smallest absolute Gasteiger partial charge is 0.338 e. The highest BCUT2D eigenvalue weighted by Gasteiger charge is 2.16. The number of hydrogen-bond acceptors (Lipinski definition) is 4. The molecule has 0 radical (unpaired) electrons. The summed E-state index contributed by atoms with van der Waals surface area (Å²) < 4.78 is 0. The molecule has 1 heterocycles. The number of nitrogens with zero attached hydrogens (tertiary/aromatic N) is 2. The van der Waals surface area contributed by atoms with Crippen LogP contribution >= 0.6 is 0 Å². The molecule has 0 aliphatic carbocycles. The lowest BCUT2D eigenvalue weighted by atomic mass is 9.99. The molecule has 1 aromatic heterocycles. The Kier molecular flexibility index (Phi) is 3.87. The summed E-state index contributed by atoms with van der Waals surface area (Å²) in [6, 6.07) is 9.98. The lowest BCUT2D eigenvalue weighted by molar-refractivity contribution is 0.0691. The first-order valence-electron chi connectivity index (χ1n) is 5.81. The number of nitriles is 1. The van der Waals surface area contributed by atoms with Crippen LogP contribution in [0.2, 0.25) is 0 Å². The Bertz CT molecular complexity index is 700. The summed E-state index contributed by atoms with van der Waals surface area (Å²) in [5.74, 6) is -1.48. The number of carboxylic acids is 1. The maximum absolute atomic E-state index is 12.1. The highest BCUT2D eigenvalue weighted by Crippen LogP contribution is 2.12. The maximum Gasteiger partial charge on any atom is 0.338 e. The lowest BCUT2D eigenvalue weighted by Gasteiger charge is -2.04. The normalized spacial score (nSPS) is 9.75. The molecule has 98 valence electrons. The molecule has 2 rings (SSSR count). The molecular formula is C15H10N2O3. The van der Waals surface area contributed by atoms with E-state index in [0.717, 1.165) is 11.8 Å². The molecule has 0 fully saturated rings. The second-order valence-corrected chi connectivity index (χ2v) is 4.14. The SMILES string of the molecule is N#Cc1ccc(CC(=O)c2ccncc2C(=O)O)cc1. The number of aromatic nitrogens is 1. The molecular weight excluding hydrogens is 256 g/mol. The Balaban J connectivity index is 2.24. The molecule has 5 nitrogen and oxygen atoms in total. The molecule has 0 aliphatic heterocycles. The number of carbonyl (C=O) groups is 2. The number of ketones is 1. The topological polar surface area (TPSA) is 91.0 Å². The average Bonchev–Trinajstić information content (AvgIpc) is 2.48. The molecule has 0 spiro atoms. The van der Waals surface area contributed by atoms with Gasteiger partial charge in [-0.1, -0.05) is 12.1 Å². The van der Waals surface area contributed by atoms with Gasteiger partial charge in [0.25, 0.3) is 0 Å². The van der Waals surface area contributed by atoms with Crippen molar-refractivity contribution in [2.75, 3.05) is 0 Å². The van der Waals surface area contributed by atoms with E-state index < -0.39 is 5.97 Å². The van der Waals surface area contributed by atoms with Crippen molar-refractivity contribution in [2.45, 2.75) is 6.42 Å². The van der Waals surface area contributed by atoms with Crippen LogP contribution in [0.5, 0.6) is 0 Å². The molecule has 1 N–H and O–H groups in total. The largest absolute Gasteiger partial charge is 0.478 e. The van der Waals surface area contributed by atoms with Gasteiger partial charge in [-0.15, -0.1) is 0 Å². The van der Waals surface area contributed by atoms with Crippen LogP contribution in [-0.4, -0.2) is 21.8 Å². The summed E-state index contributed by atoms with van der Waals surface area (Å²) in [7, 11) is 0. The van der Waals surface area contributed by atoms with Crippen molar-refractivity contribution in [3.63, 3.8) is 0 Å². The Labute approximate surface area is 115 Å². The summed E-state index contributed by atoms with van der Waals surface area (Å²) >= 11 is 0. The van der Waals surface area contributed by atoms with Gasteiger partial charge in [-0.2, -0.15) is 5.26 Å². The number of Topliss-reactive ketones (excluding diaryl/α,β-unsaturated/α-hetero) is 1. The van der Waals surface area contributed by atoms with Crippen LogP contribution in [0.25, 0.3) is 0 Å². The Hall–Kier alpha value is -3.00. The summed E-state index contributed by atoms with van der Waals surface area (Å²) in [6.45, 7) is 0. The fourth-order valence-corrected chi connectivity index (χ4v) is 1.79. The molecule has 0 amide bonds. The predicted molar refractivity (Wildman–Crippen MR) is 70.4 cm³/mol. The third kappa shape index (κ3) is 2.87. The van der Waals surface area contributed by atoms with E-state index in [9.17, 15) is 9.59 Å². The number of benzene rings is 1. The fourth-order valence-electron chi connectivity index (χ4n) is 1.79. The first-order chi connectivity index (χ1) is 9.61. The zero-order valence-corrected chi connectivity index (χ0v) is 10.4. The first-order valence-corrected chi connectivity index (χ1v) is 5.81. The summed E-state index contributed by atoms with van der Waals surface area (Å²) in [6.07, 6.45) is 2.63. The van der Waals surface area contributed by atoms with Gasteiger partial charge in [0.05, 0.1) is 17.2 Å². The number of aromatic carboxylic acids is 1. The Morgan fingerprint density at radius 1 is 1.15 bits per heavy atom. The van der Waals surface area contributed by atoms with Crippen LogP contribution < -0.4 is 0 Å². The minimum absolute atomic E-state index is 0.0794. The first kappa shape index (κ1) is 13.4. The van der Waals surface area contributed by atoms with E-state index in [1.165, 1.54) is 12.3 Å². The predicted octanol–water partition coefficient (Wildman–Crippen LogP) is 2.08. The van der Waals surface area contributed by atoms with Gasteiger partial charge in [-0.05, 0) is 23.8 Å². The van der Waals surface area contributed by atoms with Crippen molar-refractivity contribution in [3.05, 3.63) is 65.0 Å². The third-order valence-corrected chi connectivity index (χ3v) is 2.80. The molecule has 20 heavy (non-hydrogen) atoms. The number of pyridine rings is 1. The van der Waals surface area contributed by atoms with Crippen molar-refractivity contribution < 1.29 is 14.7 Å². The molecule has 5 heteroatoms. The monoisotopic (exact) mass is 266 g/mol. The maximum atomic E-state index is 12.1. The third-order valence-electron chi connectivity index (χ3n) is 2.80. The zero-order chi connectivity index (χ0) is 14.5. The molecule has 0 saturated heterocycles. The standard InChI is InChI=1S/C15H10N2O3/c16-8-11-3-1-10(2-4-11)7-14(18)12-5-6-17-9-13(12)15(19)20/h1-6,9H,7H2,(H,19,20). The van der Waals surface area contributed by atoms with Gasteiger partial charge >= 0.3 is 5.97 Å². The van der Waals surface area contributed by atoms with E-state index in [1.807, 2.05) is 6.07 Å². The van der Waals surface area contributed by atoms with Gasteiger partial charge in [-0.25, -0.2) is 4.79 Å². The summed E-state index contributed by atoms with van der Waals surface area (Å²) in [4.78, 5) is 26.9. The molecule has 0 unspecified atom stereocenters. The summed E-state index contributed by atoms with van der Waals surface area (Å²) in [5.41, 5.74) is 1.27. The van der Waals surface area contributed by atoms with Crippen LogP contribution in [0.1, 0.15) is 31.8 Å². The van der Waals surface area contributed by atoms with Crippen LogP contribution in [0, 0.1) is 11.3 Å². The number of carbonyl (C=O) groups excluding carboxylic acids is 1. The van der Waals surface area contributed by atoms with Crippen molar-refractivity contribution in [1.82, 2.24) is 4.98 Å². The van der Waals surface area contributed by atoms with Gasteiger partial charge in [-0.3, -0.25) is 9.78 Å². The molecule has 0 bridgehead atoms. The van der Waals surface area contributed by atoms with Crippen molar-refractivity contribution in [2.24, 2.45) is 0 Å². The van der Waals surface area contributed by atoms with E-state index in [2.05, 4.69) is 4.98 Å². The zero-order valence-electron chi connectivity index (χ0n) is 10.4. The number of hydrogen-bond donors (Lipinski definition) is 1. The fraction of sp³-hybridized carbons (Fsp3) is 0.0667. The quantitative estimate of drug-likeness (QED) is 0.855. The van der Waals surface area contributed by atoms with Crippen LogP contribution in [0.4, 0.5) is 0 Å². The van der Waals surface area contributed by atoms with Crippen LogP contribution in [0.3, 0.4) is 0 Å². The minimum atomic E-state index is -1.18. The van der Waals surface area contributed by atoms with Crippen molar-refractivity contribution in [3.8, 4) is 6.07 Å². The van der Waals surface area contributed by atoms with Crippen LogP contribution in [-0.2, 0) is 6.42 Å². The molecule has 1 aromatic carbocycles. The van der Waals surface area contributed by atoms with Gasteiger partial charge in [0.2, 0.25) is 0 Å². The molecule has 2 aromatic rings. The highest BCUT2D eigenvalue weighted by atomic mass is 16.4. The van der Waals surface area contributed by atoms with E-state index >= 15 is 0 Å². The Morgan fingerprint density at radius 2 is 1.85 bits per heavy atom. The van der Waals surface area contributed by atoms with Crippen molar-refractivity contribution in [1.29, 1.82) is 5.26 Å².